The Kier molecular flexibility index (Phi) is 2.85. The fourth-order valence-corrected chi connectivity index (χ4v) is 1.61. The van der Waals surface area contributed by atoms with E-state index in [0.717, 1.165) is 5.56 Å². The van der Waals surface area contributed by atoms with Gasteiger partial charge < -0.3 is 4.52 Å². The molecule has 0 unspecified atom stereocenters. The number of nitrogens with zero attached hydrogens (tertiary/aromatic N) is 5. The molecule has 0 bridgehead atoms. The molecule has 0 atom stereocenters. The molecule has 0 aliphatic heterocycles. The molecule has 1 aromatic carbocycles. The van der Waals surface area contributed by atoms with Crippen LogP contribution in [0.5, 0.6) is 0 Å². The van der Waals surface area contributed by atoms with Crippen molar-refractivity contribution in [1.29, 1.82) is 0 Å². The lowest BCUT2D eigenvalue weighted by molar-refractivity contribution is 0.111. The summed E-state index contributed by atoms with van der Waals surface area (Å²) in [5.41, 5.74) is 1.15. The Morgan fingerprint density at radius 2 is 2.11 bits per heavy atom. The van der Waals surface area contributed by atoms with E-state index < -0.39 is 0 Å². The van der Waals surface area contributed by atoms with E-state index in [1.54, 1.807) is 0 Å². The van der Waals surface area contributed by atoms with E-state index in [1.807, 2.05) is 30.3 Å². The zero-order valence-electron chi connectivity index (χ0n) is 9.80. The van der Waals surface area contributed by atoms with Gasteiger partial charge in [-0.2, -0.15) is 4.98 Å². The van der Waals surface area contributed by atoms with Crippen LogP contribution in [0, 0.1) is 0 Å². The molecule has 0 saturated carbocycles. The van der Waals surface area contributed by atoms with Crippen LogP contribution in [0.25, 0.3) is 11.4 Å². The van der Waals surface area contributed by atoms with Gasteiger partial charge in [0, 0.05) is 5.56 Å². The molecule has 0 aliphatic carbocycles. The maximum Gasteiger partial charge on any atom is 0.248 e. The number of hydrogen-bond donors (Lipinski definition) is 0. The average Bonchev–Trinajstić information content (AvgIpc) is 3.09. The van der Waals surface area contributed by atoms with Gasteiger partial charge >= 0.3 is 0 Å². The number of rotatable bonds is 4. The molecule has 7 nitrogen and oxygen atoms in total. The van der Waals surface area contributed by atoms with E-state index >= 15 is 0 Å². The van der Waals surface area contributed by atoms with Gasteiger partial charge in [-0.1, -0.05) is 40.7 Å². The summed E-state index contributed by atoms with van der Waals surface area (Å²) in [6.07, 6.45) is 2.14. The summed E-state index contributed by atoms with van der Waals surface area (Å²) in [5, 5.41) is 11.3. The smallest absolute Gasteiger partial charge is 0.248 e. The Balaban J connectivity index is 1.80. The van der Waals surface area contributed by atoms with Crippen molar-refractivity contribution in [2.45, 2.75) is 6.54 Å². The van der Waals surface area contributed by atoms with Crippen LogP contribution in [0.15, 0.2) is 41.1 Å². The molecule has 2 heterocycles. The zero-order valence-corrected chi connectivity index (χ0v) is 9.80. The Morgan fingerprint density at radius 1 is 1.26 bits per heavy atom. The maximum atomic E-state index is 10.5. The molecule has 0 aliphatic rings. The minimum atomic E-state index is 0.266. The molecular weight excluding hydrogens is 246 g/mol. The Bertz CT molecular complexity index is 689. The average molecular weight is 255 g/mol. The Labute approximate surface area is 107 Å². The minimum Gasteiger partial charge on any atom is -0.337 e. The topological polar surface area (TPSA) is 86.7 Å². The van der Waals surface area contributed by atoms with E-state index in [9.17, 15) is 4.79 Å². The van der Waals surface area contributed by atoms with Crippen molar-refractivity contribution in [3.63, 3.8) is 0 Å². The van der Waals surface area contributed by atoms with Crippen LogP contribution in [0.3, 0.4) is 0 Å². The van der Waals surface area contributed by atoms with E-state index in [2.05, 4.69) is 20.5 Å². The fourth-order valence-electron chi connectivity index (χ4n) is 1.61. The van der Waals surface area contributed by atoms with Crippen LogP contribution >= 0.6 is 0 Å². The molecule has 0 radical (unpaired) electrons. The van der Waals surface area contributed by atoms with Crippen molar-refractivity contribution in [3.05, 3.63) is 48.1 Å². The number of aldehydes is 1. The molecule has 3 rings (SSSR count). The second-order valence-electron chi connectivity index (χ2n) is 3.84. The van der Waals surface area contributed by atoms with Gasteiger partial charge in [-0.25, -0.2) is 4.68 Å². The summed E-state index contributed by atoms with van der Waals surface area (Å²) >= 11 is 0. The normalized spacial score (nSPS) is 10.5. The van der Waals surface area contributed by atoms with Gasteiger partial charge in [0.15, 0.2) is 6.29 Å². The standard InChI is InChI=1S/C12H9N5O2/c18-8-10-6-17(16-14-10)7-11-13-12(15-19-11)9-4-2-1-3-5-9/h1-6,8H,7H2. The molecule has 0 spiro atoms. The molecule has 0 N–H and O–H groups in total. The van der Waals surface area contributed by atoms with Crippen LogP contribution in [0.2, 0.25) is 0 Å². The first-order chi connectivity index (χ1) is 9.35. The second kappa shape index (κ2) is 4.81. The Hall–Kier alpha value is -2.83. The fraction of sp³-hybridized carbons (Fsp3) is 0.0833. The van der Waals surface area contributed by atoms with Crippen molar-refractivity contribution in [2.24, 2.45) is 0 Å². The summed E-state index contributed by atoms with van der Waals surface area (Å²) in [7, 11) is 0. The predicted molar refractivity (Wildman–Crippen MR) is 64.2 cm³/mol. The minimum absolute atomic E-state index is 0.266. The van der Waals surface area contributed by atoms with Gasteiger partial charge in [0.25, 0.3) is 0 Å². The molecule has 94 valence electrons. The number of carbonyl (C=O) groups is 1. The van der Waals surface area contributed by atoms with Gasteiger partial charge in [0.1, 0.15) is 12.2 Å². The highest BCUT2D eigenvalue weighted by Gasteiger charge is 2.09. The molecule has 19 heavy (non-hydrogen) atoms. The first-order valence-corrected chi connectivity index (χ1v) is 5.58. The van der Waals surface area contributed by atoms with Gasteiger partial charge in [-0.15, -0.1) is 5.10 Å². The molecule has 0 fully saturated rings. The monoisotopic (exact) mass is 255 g/mol. The summed E-state index contributed by atoms with van der Waals surface area (Å²) in [6, 6.07) is 9.52. The third kappa shape index (κ3) is 2.39. The van der Waals surface area contributed by atoms with E-state index in [-0.39, 0.29) is 12.2 Å². The first-order valence-electron chi connectivity index (χ1n) is 5.58. The summed E-state index contributed by atoms with van der Waals surface area (Å²) in [6.45, 7) is 0.278. The zero-order chi connectivity index (χ0) is 13.1. The SMILES string of the molecule is O=Cc1cn(Cc2nc(-c3ccccc3)no2)nn1. The molecule has 2 aromatic heterocycles. The van der Waals surface area contributed by atoms with Crippen LogP contribution in [-0.4, -0.2) is 31.4 Å². The van der Waals surface area contributed by atoms with Crippen LogP contribution in [-0.2, 0) is 6.54 Å². The lowest BCUT2D eigenvalue weighted by Gasteiger charge is -1.92. The van der Waals surface area contributed by atoms with Crippen LogP contribution in [0.1, 0.15) is 16.4 Å². The van der Waals surface area contributed by atoms with Gasteiger partial charge in [-0.05, 0) is 0 Å². The van der Waals surface area contributed by atoms with Gasteiger partial charge in [-0.3, -0.25) is 4.79 Å². The quantitative estimate of drug-likeness (QED) is 0.651. The summed E-state index contributed by atoms with van der Waals surface area (Å²) < 4.78 is 6.59. The number of hydrogen-bond acceptors (Lipinski definition) is 6. The van der Waals surface area contributed by atoms with Crippen molar-refractivity contribution in [3.8, 4) is 11.4 Å². The molecule has 3 aromatic rings. The van der Waals surface area contributed by atoms with Gasteiger partial charge in [0.2, 0.25) is 11.7 Å². The van der Waals surface area contributed by atoms with Crippen molar-refractivity contribution >= 4 is 6.29 Å². The third-order valence-electron chi connectivity index (χ3n) is 2.47. The lowest BCUT2D eigenvalue weighted by atomic mass is 10.2. The lowest BCUT2D eigenvalue weighted by Crippen LogP contribution is -2.00. The number of benzene rings is 1. The number of aromatic nitrogens is 5. The van der Waals surface area contributed by atoms with Crippen LogP contribution in [0.4, 0.5) is 0 Å². The van der Waals surface area contributed by atoms with Gasteiger partial charge in [0.05, 0.1) is 6.20 Å². The largest absolute Gasteiger partial charge is 0.337 e. The highest BCUT2D eigenvalue weighted by atomic mass is 16.5. The van der Waals surface area contributed by atoms with E-state index in [0.29, 0.717) is 18.0 Å². The summed E-state index contributed by atoms with van der Waals surface area (Å²) in [5.74, 6) is 0.924. The highest BCUT2D eigenvalue weighted by molar-refractivity contribution is 5.70. The maximum absolute atomic E-state index is 10.5. The molecule has 0 saturated heterocycles. The van der Waals surface area contributed by atoms with Crippen molar-refractivity contribution in [1.82, 2.24) is 25.1 Å². The van der Waals surface area contributed by atoms with Crippen molar-refractivity contribution < 1.29 is 9.32 Å². The van der Waals surface area contributed by atoms with Crippen LogP contribution < -0.4 is 0 Å². The second-order valence-corrected chi connectivity index (χ2v) is 3.84. The number of carbonyl (C=O) groups excluding carboxylic acids is 1. The predicted octanol–water partition coefficient (Wildman–Crippen LogP) is 1.19. The Morgan fingerprint density at radius 3 is 2.84 bits per heavy atom. The molecule has 0 amide bonds. The third-order valence-corrected chi connectivity index (χ3v) is 2.47. The van der Waals surface area contributed by atoms with Crippen molar-refractivity contribution in [2.75, 3.05) is 0 Å². The van der Waals surface area contributed by atoms with E-state index in [1.165, 1.54) is 10.9 Å². The molecule has 7 heteroatoms. The summed E-state index contributed by atoms with van der Waals surface area (Å²) in [4.78, 5) is 14.8. The van der Waals surface area contributed by atoms with E-state index in [4.69, 9.17) is 4.52 Å². The first kappa shape index (κ1) is 11.3. The molecular formula is C12H9N5O2. The highest BCUT2D eigenvalue weighted by Crippen LogP contribution is 2.14.